The lowest BCUT2D eigenvalue weighted by atomic mass is 10.2. The molecule has 0 bridgehead atoms. The third-order valence-electron chi connectivity index (χ3n) is 6.11. The Morgan fingerprint density at radius 2 is 1.95 bits per heavy atom. The van der Waals surface area contributed by atoms with Crippen molar-refractivity contribution in [3.8, 4) is 22.8 Å². The Morgan fingerprint density at radius 1 is 1.08 bits per heavy atom. The van der Waals surface area contributed by atoms with E-state index in [4.69, 9.17) is 19.4 Å². The molecule has 11 nitrogen and oxygen atoms in total. The average molecular weight is 518 g/mol. The number of anilines is 2. The average Bonchev–Trinajstić information content (AvgIpc) is 3.58. The molecule has 0 saturated heterocycles. The fraction of sp³-hybridized carbons (Fsp3) is 0.269. The summed E-state index contributed by atoms with van der Waals surface area (Å²) in [6, 6.07) is 6.72. The summed E-state index contributed by atoms with van der Waals surface area (Å²) >= 11 is 0. The Kier molecular flexibility index (Phi) is 7.13. The van der Waals surface area contributed by atoms with Gasteiger partial charge in [0, 0.05) is 56.4 Å². The predicted molar refractivity (Wildman–Crippen MR) is 141 cm³/mol. The van der Waals surface area contributed by atoms with Crippen LogP contribution in [0.15, 0.2) is 55.2 Å². The van der Waals surface area contributed by atoms with Gasteiger partial charge in [-0.3, -0.25) is 9.67 Å². The van der Waals surface area contributed by atoms with E-state index in [1.54, 1.807) is 40.3 Å². The Labute approximate surface area is 218 Å². The molecule has 4 aromatic heterocycles. The first-order valence-electron chi connectivity index (χ1n) is 12.0. The molecule has 0 spiro atoms. The van der Waals surface area contributed by atoms with E-state index >= 15 is 4.39 Å². The summed E-state index contributed by atoms with van der Waals surface area (Å²) in [7, 11) is 6.67. The van der Waals surface area contributed by atoms with E-state index in [9.17, 15) is 0 Å². The van der Waals surface area contributed by atoms with Crippen LogP contribution >= 0.6 is 0 Å². The molecule has 12 heteroatoms. The van der Waals surface area contributed by atoms with Crippen molar-refractivity contribution in [2.45, 2.75) is 13.1 Å². The lowest BCUT2D eigenvalue weighted by Crippen LogP contribution is -2.23. The predicted octanol–water partition coefficient (Wildman–Crippen LogP) is 3.34. The van der Waals surface area contributed by atoms with Crippen molar-refractivity contribution in [1.82, 2.24) is 39.6 Å². The van der Waals surface area contributed by atoms with E-state index in [0.29, 0.717) is 35.0 Å². The van der Waals surface area contributed by atoms with Crippen LogP contribution < -0.4 is 19.7 Å². The number of ether oxygens (including phenoxy) is 2. The van der Waals surface area contributed by atoms with Gasteiger partial charge in [-0.15, -0.1) is 0 Å². The molecule has 1 aromatic carbocycles. The highest BCUT2D eigenvalue weighted by Crippen LogP contribution is 2.37. The molecule has 0 aliphatic rings. The van der Waals surface area contributed by atoms with Crippen LogP contribution in [0.4, 0.5) is 15.9 Å². The maximum absolute atomic E-state index is 15.7. The minimum atomic E-state index is -0.543. The van der Waals surface area contributed by atoms with Crippen LogP contribution in [0.1, 0.15) is 5.82 Å². The van der Waals surface area contributed by atoms with Crippen molar-refractivity contribution in [2.24, 2.45) is 7.05 Å². The Bertz CT molecular complexity index is 1570. The lowest BCUT2D eigenvalue weighted by Gasteiger charge is -2.26. The minimum absolute atomic E-state index is 0.0577. The number of nitrogens with zero attached hydrogens (tertiary/aromatic N) is 8. The SMILES string of the molecule is CNCCn1ccnc1CN(c1ccc2ncc(-c3cnn(C)c3)nc2n1)c1cc(OC)cc(OC)c1F. The molecule has 0 amide bonds. The number of rotatable bonds is 10. The number of pyridine rings is 1. The van der Waals surface area contributed by atoms with E-state index in [-0.39, 0.29) is 18.0 Å². The van der Waals surface area contributed by atoms with Crippen LogP contribution in [-0.4, -0.2) is 62.1 Å². The number of imidazole rings is 1. The van der Waals surface area contributed by atoms with E-state index in [0.717, 1.165) is 17.9 Å². The molecule has 1 N–H and O–H groups in total. The first-order valence-corrected chi connectivity index (χ1v) is 12.0. The van der Waals surface area contributed by atoms with Gasteiger partial charge in [-0.05, 0) is 19.2 Å². The van der Waals surface area contributed by atoms with Gasteiger partial charge in [0.1, 0.15) is 22.9 Å². The summed E-state index contributed by atoms with van der Waals surface area (Å²) < 4.78 is 30.2. The third-order valence-corrected chi connectivity index (χ3v) is 6.11. The van der Waals surface area contributed by atoms with Crippen LogP contribution in [0.25, 0.3) is 22.4 Å². The van der Waals surface area contributed by atoms with Gasteiger partial charge in [-0.25, -0.2) is 19.3 Å². The molecule has 5 aromatic rings. The number of halogens is 1. The minimum Gasteiger partial charge on any atom is -0.497 e. The molecule has 0 radical (unpaired) electrons. The van der Waals surface area contributed by atoms with Gasteiger partial charge in [0.15, 0.2) is 17.2 Å². The summed E-state index contributed by atoms with van der Waals surface area (Å²) in [4.78, 5) is 20.3. The number of methoxy groups -OCH3 is 2. The molecule has 4 heterocycles. The zero-order valence-electron chi connectivity index (χ0n) is 21.6. The van der Waals surface area contributed by atoms with Crippen molar-refractivity contribution in [3.63, 3.8) is 0 Å². The second kappa shape index (κ2) is 10.8. The summed E-state index contributed by atoms with van der Waals surface area (Å²) in [5, 5.41) is 7.35. The molecule has 0 saturated carbocycles. The van der Waals surface area contributed by atoms with Gasteiger partial charge in [0.2, 0.25) is 0 Å². The number of benzene rings is 1. The van der Waals surface area contributed by atoms with E-state index in [2.05, 4.69) is 20.4 Å². The third kappa shape index (κ3) is 4.98. The summed E-state index contributed by atoms with van der Waals surface area (Å²) in [5.74, 6) is 1.16. The van der Waals surface area contributed by atoms with Gasteiger partial charge >= 0.3 is 0 Å². The topological polar surface area (TPSA) is 108 Å². The van der Waals surface area contributed by atoms with Crippen molar-refractivity contribution in [2.75, 3.05) is 32.7 Å². The monoisotopic (exact) mass is 517 g/mol. The summed E-state index contributed by atoms with van der Waals surface area (Å²) in [6.07, 6.45) is 8.88. The first kappa shape index (κ1) is 25.1. The van der Waals surface area contributed by atoms with E-state index in [1.165, 1.54) is 20.3 Å². The molecule has 0 atom stereocenters. The Morgan fingerprint density at radius 3 is 2.68 bits per heavy atom. The van der Waals surface area contributed by atoms with Gasteiger partial charge in [-0.1, -0.05) is 0 Å². The number of hydrogen-bond donors (Lipinski definition) is 1. The smallest absolute Gasteiger partial charge is 0.188 e. The lowest BCUT2D eigenvalue weighted by molar-refractivity contribution is 0.374. The van der Waals surface area contributed by atoms with Crippen molar-refractivity contribution in [3.05, 3.63) is 66.9 Å². The van der Waals surface area contributed by atoms with Crippen LogP contribution in [0.2, 0.25) is 0 Å². The molecule has 5 rings (SSSR count). The van der Waals surface area contributed by atoms with Gasteiger partial charge in [0.05, 0.1) is 44.5 Å². The van der Waals surface area contributed by atoms with Crippen molar-refractivity contribution < 1.29 is 13.9 Å². The van der Waals surface area contributed by atoms with Gasteiger partial charge in [-0.2, -0.15) is 5.10 Å². The molecule has 38 heavy (non-hydrogen) atoms. The van der Waals surface area contributed by atoms with E-state index < -0.39 is 5.82 Å². The molecule has 0 aliphatic heterocycles. The molecular formula is C26H28FN9O2. The number of fused-ring (bicyclic) bond motifs is 1. The number of likely N-dealkylation sites (N-methyl/N-ethyl adjacent to an activating group) is 1. The number of aromatic nitrogens is 7. The largest absolute Gasteiger partial charge is 0.497 e. The molecule has 0 fully saturated rings. The fourth-order valence-electron chi connectivity index (χ4n) is 4.11. The highest BCUT2D eigenvalue weighted by Gasteiger charge is 2.23. The number of hydrogen-bond acceptors (Lipinski definition) is 9. The number of aryl methyl sites for hydroxylation is 1. The zero-order chi connectivity index (χ0) is 26.6. The maximum atomic E-state index is 15.7. The maximum Gasteiger partial charge on any atom is 0.188 e. The second-order valence-corrected chi connectivity index (χ2v) is 8.56. The van der Waals surface area contributed by atoms with Crippen LogP contribution in [0, 0.1) is 5.82 Å². The number of nitrogens with one attached hydrogen (secondary N) is 1. The molecule has 196 valence electrons. The van der Waals surface area contributed by atoms with Crippen molar-refractivity contribution >= 4 is 22.7 Å². The van der Waals surface area contributed by atoms with Crippen molar-refractivity contribution in [1.29, 1.82) is 0 Å². The second-order valence-electron chi connectivity index (χ2n) is 8.56. The molecular weight excluding hydrogens is 489 g/mol. The molecule has 0 aliphatic carbocycles. The van der Waals surface area contributed by atoms with Crippen LogP contribution in [0.5, 0.6) is 11.5 Å². The first-order chi connectivity index (χ1) is 18.5. The highest BCUT2D eigenvalue weighted by molar-refractivity contribution is 5.77. The van der Waals surface area contributed by atoms with Crippen LogP contribution in [-0.2, 0) is 20.1 Å². The summed E-state index contributed by atoms with van der Waals surface area (Å²) in [6.45, 7) is 1.69. The van der Waals surface area contributed by atoms with Gasteiger partial charge in [0.25, 0.3) is 0 Å². The zero-order valence-corrected chi connectivity index (χ0v) is 21.6. The van der Waals surface area contributed by atoms with Crippen LogP contribution in [0.3, 0.4) is 0 Å². The normalized spacial score (nSPS) is 11.2. The Hall–Kier alpha value is -4.58. The fourth-order valence-corrected chi connectivity index (χ4v) is 4.11. The standard InChI is InChI=1S/C26H28FN9O2/c1-28-7-9-35-10-8-29-24(35)16-36(21-11-18(37-3)12-22(38-4)25(21)27)23-6-5-19-26(33-23)32-20(14-30-19)17-13-31-34(2)15-17/h5-6,8,10-15,28H,7,9,16H2,1-4H3. The van der Waals surface area contributed by atoms with Gasteiger partial charge < -0.3 is 24.3 Å². The molecule has 0 unspecified atom stereocenters. The summed E-state index contributed by atoms with van der Waals surface area (Å²) in [5.41, 5.74) is 2.72. The highest BCUT2D eigenvalue weighted by atomic mass is 19.1. The Balaban J connectivity index is 1.63. The quantitative estimate of drug-likeness (QED) is 0.298. The van der Waals surface area contributed by atoms with E-state index in [1.807, 2.05) is 37.1 Å².